The van der Waals surface area contributed by atoms with Crippen LogP contribution in [0.3, 0.4) is 0 Å². The maximum absolute atomic E-state index is 13.3. The van der Waals surface area contributed by atoms with Gasteiger partial charge in [0.1, 0.15) is 17.9 Å². The number of hydroxylamine groups is 2. The zero-order valence-electron chi connectivity index (χ0n) is 21.0. The van der Waals surface area contributed by atoms with Crippen LogP contribution in [0.5, 0.6) is 5.75 Å². The fourth-order valence-electron chi connectivity index (χ4n) is 5.19. The highest BCUT2D eigenvalue weighted by Gasteiger charge is 2.58. The lowest BCUT2D eigenvalue weighted by molar-refractivity contribution is -0.284. The van der Waals surface area contributed by atoms with Gasteiger partial charge in [0, 0.05) is 29.5 Å². The number of phenolic OH excluding ortho intramolecular Hbond substituents is 1. The topological polar surface area (TPSA) is 105 Å². The SMILES string of the molecule is CCOC(=O)C1(NC(=O)c2ccccc2)CC(C)(C)N(OCC(=O)c2ccccc2O)C(C)(C)C1. The zero-order valence-corrected chi connectivity index (χ0v) is 21.0. The first-order chi connectivity index (χ1) is 16.4. The van der Waals surface area contributed by atoms with E-state index in [0.29, 0.717) is 5.56 Å². The van der Waals surface area contributed by atoms with Gasteiger partial charge in [-0.1, -0.05) is 30.3 Å². The summed E-state index contributed by atoms with van der Waals surface area (Å²) in [6, 6.07) is 15.0. The number of nitrogens with one attached hydrogen (secondary N) is 1. The first kappa shape index (κ1) is 26.4. The largest absolute Gasteiger partial charge is 0.507 e. The average molecular weight is 483 g/mol. The summed E-state index contributed by atoms with van der Waals surface area (Å²) in [6.45, 7) is 9.18. The molecule has 1 heterocycles. The molecule has 8 heteroatoms. The molecule has 2 aromatic rings. The van der Waals surface area contributed by atoms with Crippen molar-refractivity contribution in [3.05, 3.63) is 65.7 Å². The summed E-state index contributed by atoms with van der Waals surface area (Å²) in [7, 11) is 0. The average Bonchev–Trinajstić information content (AvgIpc) is 2.78. The second kappa shape index (κ2) is 10.2. The number of hydrogen-bond donors (Lipinski definition) is 2. The van der Waals surface area contributed by atoms with Crippen LogP contribution in [0.15, 0.2) is 54.6 Å². The molecule has 1 aliphatic rings. The van der Waals surface area contributed by atoms with Gasteiger partial charge in [0.05, 0.1) is 12.2 Å². The fourth-order valence-corrected chi connectivity index (χ4v) is 5.19. The number of nitrogens with zero attached hydrogens (tertiary/aromatic N) is 1. The molecular weight excluding hydrogens is 448 g/mol. The molecule has 35 heavy (non-hydrogen) atoms. The molecule has 0 unspecified atom stereocenters. The smallest absolute Gasteiger partial charge is 0.331 e. The van der Waals surface area contributed by atoms with E-state index in [1.54, 1.807) is 54.5 Å². The van der Waals surface area contributed by atoms with Crippen LogP contribution in [-0.4, -0.2) is 57.7 Å². The molecule has 1 saturated heterocycles. The first-order valence-corrected chi connectivity index (χ1v) is 11.7. The van der Waals surface area contributed by atoms with Crippen LogP contribution >= 0.6 is 0 Å². The Hall–Kier alpha value is -3.23. The minimum absolute atomic E-state index is 0.108. The van der Waals surface area contributed by atoms with Gasteiger partial charge in [-0.3, -0.25) is 14.4 Å². The second-order valence-corrected chi connectivity index (χ2v) is 10.1. The van der Waals surface area contributed by atoms with Crippen molar-refractivity contribution >= 4 is 17.7 Å². The Labute approximate surface area is 206 Å². The third kappa shape index (κ3) is 5.71. The predicted octanol–water partition coefficient (Wildman–Crippen LogP) is 3.89. The number of hydrogen-bond acceptors (Lipinski definition) is 7. The number of Topliss-reactive ketones (excluding diaryl/α,β-unsaturated/α-hetero) is 1. The van der Waals surface area contributed by atoms with E-state index in [0.717, 1.165) is 0 Å². The monoisotopic (exact) mass is 482 g/mol. The first-order valence-electron chi connectivity index (χ1n) is 11.7. The van der Waals surface area contributed by atoms with Crippen LogP contribution in [0.25, 0.3) is 0 Å². The minimum Gasteiger partial charge on any atom is -0.507 e. The highest BCUT2D eigenvalue weighted by molar-refractivity contribution is 5.99. The van der Waals surface area contributed by atoms with E-state index in [1.807, 2.05) is 33.8 Å². The molecular formula is C27H34N2O6. The second-order valence-electron chi connectivity index (χ2n) is 10.1. The number of para-hydroxylation sites is 1. The normalized spacial score (nSPS) is 18.4. The predicted molar refractivity (Wildman–Crippen MR) is 131 cm³/mol. The summed E-state index contributed by atoms with van der Waals surface area (Å²) < 4.78 is 5.42. The number of amides is 1. The van der Waals surface area contributed by atoms with E-state index in [2.05, 4.69) is 5.32 Å². The van der Waals surface area contributed by atoms with Crippen LogP contribution in [0.2, 0.25) is 0 Å². The summed E-state index contributed by atoms with van der Waals surface area (Å²) in [5, 5.41) is 14.7. The number of rotatable bonds is 8. The van der Waals surface area contributed by atoms with Gasteiger partial charge in [-0.25, -0.2) is 4.79 Å². The molecule has 0 spiro atoms. The number of ether oxygens (including phenoxy) is 1. The van der Waals surface area contributed by atoms with Gasteiger partial charge >= 0.3 is 5.97 Å². The Morgan fingerprint density at radius 3 is 2.09 bits per heavy atom. The Balaban J connectivity index is 1.87. The van der Waals surface area contributed by atoms with Crippen molar-refractivity contribution in [2.24, 2.45) is 0 Å². The number of aromatic hydroxyl groups is 1. The van der Waals surface area contributed by atoms with Crippen molar-refractivity contribution in [2.45, 2.75) is 64.1 Å². The maximum atomic E-state index is 13.3. The molecule has 2 aromatic carbocycles. The van der Waals surface area contributed by atoms with E-state index >= 15 is 0 Å². The summed E-state index contributed by atoms with van der Waals surface area (Å²) >= 11 is 0. The van der Waals surface area contributed by atoms with E-state index in [1.165, 1.54) is 6.07 Å². The van der Waals surface area contributed by atoms with Gasteiger partial charge in [0.15, 0.2) is 5.78 Å². The van der Waals surface area contributed by atoms with Gasteiger partial charge in [0.2, 0.25) is 0 Å². The fraction of sp³-hybridized carbons (Fsp3) is 0.444. The van der Waals surface area contributed by atoms with E-state index < -0.39 is 22.6 Å². The molecule has 1 aliphatic heterocycles. The molecule has 0 radical (unpaired) electrons. The standard InChI is InChI=1S/C27H34N2O6/c1-6-34-24(33)27(28-23(32)19-12-8-7-9-13-19)17-25(2,3)29(26(4,5)18-27)35-16-22(31)20-14-10-11-15-21(20)30/h7-15,30H,6,16-18H2,1-5H3,(H,28,32). The lowest BCUT2D eigenvalue weighted by Gasteiger charge is -2.57. The van der Waals surface area contributed by atoms with Crippen LogP contribution in [0, 0.1) is 0 Å². The van der Waals surface area contributed by atoms with Crippen molar-refractivity contribution in [2.75, 3.05) is 13.2 Å². The molecule has 1 fully saturated rings. The Bertz CT molecular complexity index is 1060. The molecule has 0 bridgehead atoms. The number of piperidine rings is 1. The Kier molecular flexibility index (Phi) is 7.67. The Morgan fingerprint density at radius 2 is 1.51 bits per heavy atom. The van der Waals surface area contributed by atoms with Gasteiger partial charge in [-0.15, -0.1) is 0 Å². The van der Waals surface area contributed by atoms with Crippen LogP contribution < -0.4 is 5.32 Å². The number of esters is 1. The molecule has 0 aliphatic carbocycles. The molecule has 188 valence electrons. The number of benzene rings is 2. The number of ketones is 1. The number of carbonyl (C=O) groups excluding carboxylic acids is 3. The van der Waals surface area contributed by atoms with Gasteiger partial charge in [-0.2, -0.15) is 5.06 Å². The van der Waals surface area contributed by atoms with Gasteiger partial charge < -0.3 is 15.2 Å². The number of phenols is 1. The van der Waals surface area contributed by atoms with Crippen molar-refractivity contribution in [3.63, 3.8) is 0 Å². The molecule has 0 atom stereocenters. The van der Waals surface area contributed by atoms with Crippen molar-refractivity contribution in [1.29, 1.82) is 0 Å². The van der Waals surface area contributed by atoms with E-state index in [-0.39, 0.29) is 49.1 Å². The van der Waals surface area contributed by atoms with Gasteiger partial charge in [-0.05, 0) is 58.9 Å². The van der Waals surface area contributed by atoms with Crippen LogP contribution in [0.4, 0.5) is 0 Å². The van der Waals surface area contributed by atoms with Crippen LogP contribution in [-0.2, 0) is 14.4 Å². The summed E-state index contributed by atoms with van der Waals surface area (Å²) in [6.07, 6.45) is 0.400. The lowest BCUT2D eigenvalue weighted by Crippen LogP contribution is -2.72. The molecule has 0 aromatic heterocycles. The summed E-state index contributed by atoms with van der Waals surface area (Å²) in [5.74, 6) is -1.35. The minimum atomic E-state index is -1.29. The Morgan fingerprint density at radius 1 is 0.943 bits per heavy atom. The van der Waals surface area contributed by atoms with Crippen molar-refractivity contribution in [3.8, 4) is 5.75 Å². The summed E-state index contributed by atoms with van der Waals surface area (Å²) in [4.78, 5) is 45.1. The molecule has 1 amide bonds. The van der Waals surface area contributed by atoms with Gasteiger partial charge in [0.25, 0.3) is 5.91 Å². The van der Waals surface area contributed by atoms with Crippen molar-refractivity contribution < 1.29 is 29.1 Å². The molecule has 2 N–H and O–H groups in total. The van der Waals surface area contributed by atoms with E-state index in [4.69, 9.17) is 9.57 Å². The molecule has 8 nitrogen and oxygen atoms in total. The lowest BCUT2D eigenvalue weighted by atomic mass is 9.70. The molecule has 3 rings (SSSR count). The van der Waals surface area contributed by atoms with E-state index in [9.17, 15) is 19.5 Å². The van der Waals surface area contributed by atoms with Crippen LogP contribution in [0.1, 0.15) is 68.2 Å². The third-order valence-electron chi connectivity index (χ3n) is 6.15. The maximum Gasteiger partial charge on any atom is 0.331 e. The zero-order chi connectivity index (χ0) is 25.9. The highest BCUT2D eigenvalue weighted by atomic mass is 16.7. The highest BCUT2D eigenvalue weighted by Crippen LogP contribution is 2.44. The quantitative estimate of drug-likeness (QED) is 0.434. The molecule has 0 saturated carbocycles. The third-order valence-corrected chi connectivity index (χ3v) is 6.15. The summed E-state index contributed by atoms with van der Waals surface area (Å²) in [5.41, 5.74) is -2.21. The number of carbonyl (C=O) groups is 3. The van der Waals surface area contributed by atoms with Crippen molar-refractivity contribution in [1.82, 2.24) is 10.4 Å².